The molecule has 0 N–H and O–H groups in total. The van der Waals surface area contributed by atoms with Crippen molar-refractivity contribution in [2.24, 2.45) is 0 Å². The molecule has 6 nitrogen and oxygen atoms in total. The van der Waals surface area contributed by atoms with E-state index in [2.05, 4.69) is 38.7 Å². The summed E-state index contributed by atoms with van der Waals surface area (Å²) in [6.45, 7) is 5.24. The second-order valence-corrected chi connectivity index (χ2v) is 7.20. The van der Waals surface area contributed by atoms with E-state index in [9.17, 15) is 0 Å². The predicted molar refractivity (Wildman–Crippen MR) is 95.3 cm³/mol. The Bertz CT molecular complexity index is 656. The van der Waals surface area contributed by atoms with E-state index in [1.165, 1.54) is 4.88 Å². The maximum atomic E-state index is 4.65. The van der Waals surface area contributed by atoms with Crippen molar-refractivity contribution in [1.29, 1.82) is 0 Å². The van der Waals surface area contributed by atoms with Crippen molar-refractivity contribution < 1.29 is 0 Å². The number of aryl methyl sites for hydroxylation is 1. The van der Waals surface area contributed by atoms with Crippen molar-refractivity contribution in [3.05, 3.63) is 28.3 Å². The minimum Gasteiger partial charge on any atom is -0.363 e. The van der Waals surface area contributed by atoms with Gasteiger partial charge in [0.2, 0.25) is 5.95 Å². The number of anilines is 2. The first-order chi connectivity index (χ1) is 11.0. The minimum absolute atomic E-state index is 0.459. The van der Waals surface area contributed by atoms with E-state index < -0.39 is 0 Å². The summed E-state index contributed by atoms with van der Waals surface area (Å²) in [5.41, 5.74) is 3.10. The summed E-state index contributed by atoms with van der Waals surface area (Å²) in [5, 5.41) is 0. The van der Waals surface area contributed by atoms with Gasteiger partial charge in [0.05, 0.1) is 11.2 Å². The third kappa shape index (κ3) is 3.61. The van der Waals surface area contributed by atoms with E-state index in [-0.39, 0.29) is 0 Å². The van der Waals surface area contributed by atoms with Crippen molar-refractivity contribution in [2.45, 2.75) is 25.9 Å². The molecular formula is C16H24N6S. The van der Waals surface area contributed by atoms with Gasteiger partial charge in [-0.15, -0.1) is 11.3 Å². The predicted octanol–water partition coefficient (Wildman–Crippen LogP) is 2.02. The molecular weight excluding hydrogens is 308 g/mol. The lowest BCUT2D eigenvalue weighted by molar-refractivity contribution is 0.327. The number of likely N-dealkylation sites (tertiary alicyclic amines) is 1. The summed E-state index contributed by atoms with van der Waals surface area (Å²) in [4.78, 5) is 21.5. The quantitative estimate of drug-likeness (QED) is 0.835. The Balaban J connectivity index is 1.64. The standard InChI is InChI=1S/C16H24N6S/c1-12-14(23-11-18-12)10-22-8-6-13(9-22)21(4)16-17-7-5-15(19-16)20(2)3/h5,7,11,13H,6,8-10H2,1-4H3. The number of aromatic nitrogens is 3. The van der Waals surface area contributed by atoms with E-state index >= 15 is 0 Å². The van der Waals surface area contributed by atoms with E-state index in [0.717, 1.165) is 43.5 Å². The molecule has 0 radical (unpaired) electrons. The van der Waals surface area contributed by atoms with Crippen LogP contribution in [0.3, 0.4) is 0 Å². The second kappa shape index (κ2) is 6.80. The molecule has 3 heterocycles. The summed E-state index contributed by atoms with van der Waals surface area (Å²) in [6.07, 6.45) is 2.98. The molecule has 1 aliphatic rings. The fourth-order valence-electron chi connectivity index (χ4n) is 2.87. The average Bonchev–Trinajstić information content (AvgIpc) is 3.17. The fraction of sp³-hybridized carbons (Fsp3) is 0.562. The topological polar surface area (TPSA) is 48.4 Å². The van der Waals surface area contributed by atoms with Gasteiger partial charge in [0.25, 0.3) is 0 Å². The van der Waals surface area contributed by atoms with Crippen molar-refractivity contribution in [2.75, 3.05) is 44.0 Å². The lowest BCUT2D eigenvalue weighted by atomic mass is 10.2. The highest BCUT2D eigenvalue weighted by atomic mass is 32.1. The SMILES string of the molecule is Cc1ncsc1CN1CCC(N(C)c2nccc(N(C)C)n2)C1. The van der Waals surface area contributed by atoms with Gasteiger partial charge >= 0.3 is 0 Å². The summed E-state index contributed by atoms with van der Waals surface area (Å²) in [6, 6.07) is 2.39. The third-order valence-corrected chi connectivity index (χ3v) is 5.33. The van der Waals surface area contributed by atoms with Gasteiger partial charge in [0.15, 0.2) is 0 Å². The first-order valence-corrected chi connectivity index (χ1v) is 8.77. The van der Waals surface area contributed by atoms with Crippen LogP contribution in [0, 0.1) is 6.92 Å². The van der Waals surface area contributed by atoms with Crippen molar-refractivity contribution in [3.8, 4) is 0 Å². The largest absolute Gasteiger partial charge is 0.363 e. The summed E-state index contributed by atoms with van der Waals surface area (Å²) < 4.78 is 0. The molecule has 0 aromatic carbocycles. The lowest BCUT2D eigenvalue weighted by Crippen LogP contribution is -2.35. The van der Waals surface area contributed by atoms with Crippen LogP contribution >= 0.6 is 11.3 Å². The summed E-state index contributed by atoms with van der Waals surface area (Å²) in [7, 11) is 6.10. The number of nitrogens with zero attached hydrogens (tertiary/aromatic N) is 6. The third-order valence-electron chi connectivity index (χ3n) is 4.41. The number of likely N-dealkylation sites (N-methyl/N-ethyl adjacent to an activating group) is 1. The molecule has 23 heavy (non-hydrogen) atoms. The van der Waals surface area contributed by atoms with Crippen molar-refractivity contribution in [1.82, 2.24) is 19.9 Å². The Morgan fingerprint density at radius 1 is 1.30 bits per heavy atom. The first-order valence-electron chi connectivity index (χ1n) is 7.89. The molecule has 1 saturated heterocycles. The molecule has 2 aromatic rings. The fourth-order valence-corrected chi connectivity index (χ4v) is 3.69. The maximum Gasteiger partial charge on any atom is 0.227 e. The molecule has 1 unspecified atom stereocenters. The molecule has 0 bridgehead atoms. The molecule has 3 rings (SSSR count). The Morgan fingerprint density at radius 2 is 2.13 bits per heavy atom. The lowest BCUT2D eigenvalue weighted by Gasteiger charge is -2.25. The normalized spacial score (nSPS) is 18.3. The van der Waals surface area contributed by atoms with Gasteiger partial charge < -0.3 is 9.80 Å². The highest BCUT2D eigenvalue weighted by molar-refractivity contribution is 7.09. The minimum atomic E-state index is 0.459. The molecule has 124 valence electrons. The Kier molecular flexibility index (Phi) is 4.77. The van der Waals surface area contributed by atoms with Gasteiger partial charge in [0.1, 0.15) is 5.82 Å². The maximum absolute atomic E-state index is 4.65. The van der Waals surface area contributed by atoms with Gasteiger partial charge in [-0.2, -0.15) is 4.98 Å². The van der Waals surface area contributed by atoms with Crippen LogP contribution in [0.1, 0.15) is 17.0 Å². The van der Waals surface area contributed by atoms with Crippen molar-refractivity contribution in [3.63, 3.8) is 0 Å². The van der Waals surface area contributed by atoms with Crippen LogP contribution < -0.4 is 9.80 Å². The molecule has 2 aromatic heterocycles. The number of hydrogen-bond acceptors (Lipinski definition) is 7. The molecule has 0 aliphatic carbocycles. The summed E-state index contributed by atoms with van der Waals surface area (Å²) >= 11 is 1.75. The van der Waals surface area contributed by atoms with Crippen molar-refractivity contribution >= 4 is 23.1 Å². The van der Waals surface area contributed by atoms with Crippen LogP contribution in [0.5, 0.6) is 0 Å². The van der Waals surface area contributed by atoms with Gasteiger partial charge in [-0.25, -0.2) is 9.97 Å². The Morgan fingerprint density at radius 3 is 2.83 bits per heavy atom. The molecule has 1 fully saturated rings. The van der Waals surface area contributed by atoms with Gasteiger partial charge in [-0.3, -0.25) is 4.90 Å². The average molecular weight is 332 g/mol. The van der Waals surface area contributed by atoms with E-state index in [0.29, 0.717) is 6.04 Å². The molecule has 1 atom stereocenters. The molecule has 7 heteroatoms. The van der Waals surface area contributed by atoms with Gasteiger partial charge in [0, 0.05) is 57.9 Å². The van der Waals surface area contributed by atoms with Crippen LogP contribution in [0.15, 0.2) is 17.8 Å². The monoisotopic (exact) mass is 332 g/mol. The zero-order valence-electron chi connectivity index (χ0n) is 14.2. The molecule has 0 saturated carbocycles. The Labute approximate surface area is 141 Å². The first kappa shape index (κ1) is 16.1. The van der Waals surface area contributed by atoms with E-state index in [1.54, 1.807) is 11.3 Å². The smallest absolute Gasteiger partial charge is 0.227 e. The van der Waals surface area contributed by atoms with Crippen LogP contribution in [-0.4, -0.2) is 60.1 Å². The zero-order valence-corrected chi connectivity index (χ0v) is 15.0. The zero-order chi connectivity index (χ0) is 16.4. The van der Waals surface area contributed by atoms with Crippen LogP contribution in [0.2, 0.25) is 0 Å². The van der Waals surface area contributed by atoms with Crippen LogP contribution in [0.25, 0.3) is 0 Å². The number of thiazole rings is 1. The van der Waals surface area contributed by atoms with Gasteiger partial charge in [-0.05, 0) is 19.4 Å². The summed E-state index contributed by atoms with van der Waals surface area (Å²) in [5.74, 6) is 1.74. The highest BCUT2D eigenvalue weighted by Gasteiger charge is 2.27. The highest BCUT2D eigenvalue weighted by Crippen LogP contribution is 2.23. The van der Waals surface area contributed by atoms with Gasteiger partial charge in [-0.1, -0.05) is 0 Å². The van der Waals surface area contributed by atoms with Crippen LogP contribution in [-0.2, 0) is 6.54 Å². The van der Waals surface area contributed by atoms with E-state index in [4.69, 9.17) is 0 Å². The molecule has 0 spiro atoms. The second-order valence-electron chi connectivity index (χ2n) is 6.26. The molecule has 1 aliphatic heterocycles. The van der Waals surface area contributed by atoms with E-state index in [1.807, 2.05) is 36.8 Å². The van der Waals surface area contributed by atoms with Crippen LogP contribution in [0.4, 0.5) is 11.8 Å². The number of rotatable bonds is 5. The molecule has 0 amide bonds. The Hall–Kier alpha value is -1.73. The number of hydrogen-bond donors (Lipinski definition) is 0.